The molecule has 0 N–H and O–H groups in total. The number of fused-ring (bicyclic) bond motifs is 2. The molecular weight excluding hydrogens is 220 g/mol. The average molecular weight is 240 g/mol. The summed E-state index contributed by atoms with van der Waals surface area (Å²) in [6.07, 6.45) is 8.20. The number of carbonyl (C=O) groups excluding carboxylic acids is 1. The largest absolute Gasteiger partial charge is 0.299 e. The molecule has 1 heteroatoms. The van der Waals surface area contributed by atoms with Crippen molar-refractivity contribution in [2.24, 2.45) is 17.8 Å². The first-order valence-electron chi connectivity index (χ1n) is 7.43. The molecule has 0 aliphatic heterocycles. The number of ketones is 1. The van der Waals surface area contributed by atoms with Crippen molar-refractivity contribution < 1.29 is 4.79 Å². The first-order valence-corrected chi connectivity index (χ1v) is 7.43. The maximum atomic E-state index is 12.3. The normalized spacial score (nSPS) is 32.1. The molecule has 0 saturated heterocycles. The highest BCUT2D eigenvalue weighted by Crippen LogP contribution is 2.54. The Morgan fingerprint density at radius 2 is 1.83 bits per heavy atom. The van der Waals surface area contributed by atoms with E-state index in [1.807, 2.05) is 0 Å². The van der Waals surface area contributed by atoms with Gasteiger partial charge in [0, 0.05) is 12.3 Å². The molecule has 3 aliphatic rings. The molecule has 0 heterocycles. The first kappa shape index (κ1) is 10.8. The summed E-state index contributed by atoms with van der Waals surface area (Å²) in [5, 5.41) is 0. The van der Waals surface area contributed by atoms with Crippen LogP contribution in [0.4, 0.5) is 0 Å². The zero-order valence-electron chi connectivity index (χ0n) is 10.8. The van der Waals surface area contributed by atoms with E-state index in [0.29, 0.717) is 18.1 Å². The van der Waals surface area contributed by atoms with E-state index >= 15 is 0 Å². The van der Waals surface area contributed by atoms with E-state index in [1.165, 1.54) is 55.2 Å². The minimum absolute atomic E-state index is 0.391. The highest BCUT2D eigenvalue weighted by atomic mass is 16.1. The van der Waals surface area contributed by atoms with Crippen molar-refractivity contribution in [2.45, 2.75) is 44.9 Å². The predicted octanol–water partition coefficient (Wildman–Crippen LogP) is 3.33. The summed E-state index contributed by atoms with van der Waals surface area (Å²) in [7, 11) is 0. The van der Waals surface area contributed by atoms with Crippen LogP contribution in [0, 0.1) is 17.8 Å². The SMILES string of the molecule is O=C(Cc1ccc2c(c1)CCC2)C1CC2CC2C1. The van der Waals surface area contributed by atoms with E-state index in [4.69, 9.17) is 0 Å². The number of hydrogen-bond donors (Lipinski definition) is 0. The van der Waals surface area contributed by atoms with Gasteiger partial charge in [0.2, 0.25) is 0 Å². The van der Waals surface area contributed by atoms with Gasteiger partial charge in [-0.15, -0.1) is 0 Å². The van der Waals surface area contributed by atoms with Gasteiger partial charge in [-0.2, -0.15) is 0 Å². The minimum atomic E-state index is 0.391. The molecule has 0 aromatic heterocycles. The molecule has 0 amide bonds. The Morgan fingerprint density at radius 3 is 2.67 bits per heavy atom. The number of Topliss-reactive ketones (excluding diaryl/α,β-unsaturated/α-hetero) is 1. The molecule has 1 aromatic rings. The molecule has 18 heavy (non-hydrogen) atoms. The summed E-state index contributed by atoms with van der Waals surface area (Å²) in [5.41, 5.74) is 4.25. The second-order valence-electron chi connectivity index (χ2n) is 6.52. The Balaban J connectivity index is 1.46. The predicted molar refractivity (Wildman–Crippen MR) is 71.5 cm³/mol. The highest BCUT2D eigenvalue weighted by Gasteiger charge is 2.47. The molecule has 94 valence electrons. The molecule has 2 atom stereocenters. The zero-order valence-corrected chi connectivity index (χ0v) is 10.8. The van der Waals surface area contributed by atoms with Crippen molar-refractivity contribution in [2.75, 3.05) is 0 Å². The van der Waals surface area contributed by atoms with Crippen molar-refractivity contribution in [1.82, 2.24) is 0 Å². The number of benzene rings is 1. The minimum Gasteiger partial charge on any atom is -0.299 e. The third-order valence-electron chi connectivity index (χ3n) is 5.24. The standard InChI is InChI=1S/C17H20O/c18-17(16-9-14-8-15(14)10-16)7-11-4-5-12-2-1-3-13(12)6-11/h4-6,14-16H,1-3,7-10H2. The Morgan fingerprint density at radius 1 is 1.06 bits per heavy atom. The van der Waals surface area contributed by atoms with Gasteiger partial charge in [0.1, 0.15) is 5.78 Å². The third-order valence-corrected chi connectivity index (χ3v) is 5.24. The fraction of sp³-hybridized carbons (Fsp3) is 0.588. The number of aryl methyl sites for hydroxylation is 2. The summed E-state index contributed by atoms with van der Waals surface area (Å²) < 4.78 is 0. The highest BCUT2D eigenvalue weighted by molar-refractivity contribution is 5.83. The summed E-state index contributed by atoms with van der Waals surface area (Å²) in [6.45, 7) is 0. The first-order chi connectivity index (χ1) is 8.79. The van der Waals surface area contributed by atoms with Crippen LogP contribution in [0.25, 0.3) is 0 Å². The fourth-order valence-corrected chi connectivity index (χ4v) is 4.06. The number of rotatable bonds is 3. The average Bonchev–Trinajstić information content (AvgIpc) is 2.79. The Kier molecular flexibility index (Phi) is 2.36. The summed E-state index contributed by atoms with van der Waals surface area (Å²) in [6, 6.07) is 6.71. The van der Waals surface area contributed by atoms with E-state index in [1.54, 1.807) is 0 Å². The van der Waals surface area contributed by atoms with Gasteiger partial charge in [-0.25, -0.2) is 0 Å². The van der Waals surface area contributed by atoms with Crippen LogP contribution in [-0.2, 0) is 24.1 Å². The van der Waals surface area contributed by atoms with Gasteiger partial charge in [0.05, 0.1) is 0 Å². The van der Waals surface area contributed by atoms with Crippen LogP contribution >= 0.6 is 0 Å². The molecule has 1 nitrogen and oxygen atoms in total. The smallest absolute Gasteiger partial charge is 0.140 e. The lowest BCUT2D eigenvalue weighted by Gasteiger charge is -2.11. The topological polar surface area (TPSA) is 17.1 Å². The van der Waals surface area contributed by atoms with Gasteiger partial charge in [-0.3, -0.25) is 4.79 Å². The molecule has 2 saturated carbocycles. The lowest BCUT2D eigenvalue weighted by molar-refractivity contribution is -0.122. The Bertz CT molecular complexity index is 492. The van der Waals surface area contributed by atoms with E-state index in [0.717, 1.165) is 11.8 Å². The number of carbonyl (C=O) groups is 1. The lowest BCUT2D eigenvalue weighted by Crippen LogP contribution is -2.15. The molecule has 2 unspecified atom stereocenters. The fourth-order valence-electron chi connectivity index (χ4n) is 4.06. The molecule has 2 fully saturated rings. The van der Waals surface area contributed by atoms with Crippen LogP contribution in [0.2, 0.25) is 0 Å². The molecule has 3 aliphatic carbocycles. The van der Waals surface area contributed by atoms with Crippen molar-refractivity contribution in [3.63, 3.8) is 0 Å². The van der Waals surface area contributed by atoms with Gasteiger partial charge in [0.15, 0.2) is 0 Å². The van der Waals surface area contributed by atoms with E-state index in [-0.39, 0.29) is 0 Å². The van der Waals surface area contributed by atoms with Crippen LogP contribution in [0.1, 0.15) is 42.4 Å². The van der Waals surface area contributed by atoms with E-state index in [2.05, 4.69) is 18.2 Å². The summed E-state index contributed by atoms with van der Waals surface area (Å²) >= 11 is 0. The van der Waals surface area contributed by atoms with Gasteiger partial charge >= 0.3 is 0 Å². The van der Waals surface area contributed by atoms with Crippen LogP contribution in [0.3, 0.4) is 0 Å². The second-order valence-corrected chi connectivity index (χ2v) is 6.52. The van der Waals surface area contributed by atoms with Gasteiger partial charge in [-0.1, -0.05) is 18.2 Å². The Hall–Kier alpha value is -1.11. The summed E-state index contributed by atoms with van der Waals surface area (Å²) in [4.78, 5) is 12.3. The van der Waals surface area contributed by atoms with Crippen LogP contribution in [0.15, 0.2) is 18.2 Å². The lowest BCUT2D eigenvalue weighted by atomic mass is 9.93. The van der Waals surface area contributed by atoms with Crippen LogP contribution in [0.5, 0.6) is 0 Å². The zero-order chi connectivity index (χ0) is 12.1. The molecule has 0 bridgehead atoms. The van der Waals surface area contributed by atoms with E-state index < -0.39 is 0 Å². The molecule has 0 radical (unpaired) electrons. The molecule has 0 spiro atoms. The maximum Gasteiger partial charge on any atom is 0.140 e. The van der Waals surface area contributed by atoms with Gasteiger partial charge in [0.25, 0.3) is 0 Å². The second kappa shape index (κ2) is 3.94. The van der Waals surface area contributed by atoms with Crippen molar-refractivity contribution >= 4 is 5.78 Å². The number of hydrogen-bond acceptors (Lipinski definition) is 1. The maximum absolute atomic E-state index is 12.3. The monoisotopic (exact) mass is 240 g/mol. The van der Waals surface area contributed by atoms with Crippen molar-refractivity contribution in [1.29, 1.82) is 0 Å². The van der Waals surface area contributed by atoms with Crippen molar-refractivity contribution in [3.05, 3.63) is 34.9 Å². The van der Waals surface area contributed by atoms with Crippen LogP contribution in [-0.4, -0.2) is 5.78 Å². The third kappa shape index (κ3) is 1.81. The van der Waals surface area contributed by atoms with E-state index in [9.17, 15) is 4.79 Å². The Labute approximate surface area is 109 Å². The van der Waals surface area contributed by atoms with Crippen LogP contribution < -0.4 is 0 Å². The molecule has 4 rings (SSSR count). The quantitative estimate of drug-likeness (QED) is 0.792. The van der Waals surface area contributed by atoms with Crippen molar-refractivity contribution in [3.8, 4) is 0 Å². The van der Waals surface area contributed by atoms with Gasteiger partial charge in [-0.05, 0) is 67.1 Å². The molecule has 1 aromatic carbocycles. The van der Waals surface area contributed by atoms with Gasteiger partial charge < -0.3 is 0 Å². The summed E-state index contributed by atoms with van der Waals surface area (Å²) in [5.74, 6) is 2.72. The molecular formula is C17H20O.